The molecule has 0 radical (unpaired) electrons. The van der Waals surface area contributed by atoms with Gasteiger partial charge in [-0.2, -0.15) is 0 Å². The third-order valence-corrected chi connectivity index (χ3v) is 4.74. The third kappa shape index (κ3) is 3.73. The highest BCUT2D eigenvalue weighted by Crippen LogP contribution is 2.48. The largest absolute Gasteiger partial charge is 0.496 e. The van der Waals surface area contributed by atoms with Crippen LogP contribution >= 0.6 is 0 Å². The first kappa shape index (κ1) is 22.3. The zero-order chi connectivity index (χ0) is 23.6. The zero-order valence-electron chi connectivity index (χ0n) is 17.6. The Morgan fingerprint density at radius 1 is 1.03 bits per heavy atom. The normalized spacial score (nSPS) is 12.3. The van der Waals surface area contributed by atoms with E-state index in [1.165, 1.54) is 46.6 Å². The molecule has 0 fully saturated rings. The topological polar surface area (TPSA) is 147 Å². The van der Waals surface area contributed by atoms with Crippen LogP contribution in [0.4, 0.5) is 17.1 Å². The fraction of sp³-hybridized carbons (Fsp3) is 0.250. The van der Waals surface area contributed by atoms with E-state index >= 15 is 0 Å². The van der Waals surface area contributed by atoms with Crippen molar-refractivity contribution >= 4 is 34.7 Å². The molecule has 0 spiro atoms. The summed E-state index contributed by atoms with van der Waals surface area (Å²) in [7, 11) is 5.36. The van der Waals surface area contributed by atoms with Crippen LogP contribution in [-0.4, -0.2) is 57.5 Å². The summed E-state index contributed by atoms with van der Waals surface area (Å²) in [5, 5.41) is 13.7. The molecule has 1 aliphatic rings. The van der Waals surface area contributed by atoms with Gasteiger partial charge in [0, 0.05) is 6.07 Å². The van der Waals surface area contributed by atoms with E-state index < -0.39 is 34.8 Å². The maximum Gasteiger partial charge on any atom is 0.300 e. The van der Waals surface area contributed by atoms with E-state index in [0.29, 0.717) is 0 Å². The summed E-state index contributed by atoms with van der Waals surface area (Å²) in [6.45, 7) is -0.584. The smallest absolute Gasteiger partial charge is 0.300 e. The van der Waals surface area contributed by atoms with Gasteiger partial charge in [-0.1, -0.05) is 0 Å². The van der Waals surface area contributed by atoms with Gasteiger partial charge in [-0.3, -0.25) is 29.4 Å². The number of ether oxygens (including phenoxy) is 4. The molecule has 0 atom stereocenters. The fourth-order valence-corrected chi connectivity index (χ4v) is 3.30. The van der Waals surface area contributed by atoms with Gasteiger partial charge in [0.05, 0.1) is 50.7 Å². The number of carbonyl (C=O) groups excluding carboxylic acids is 3. The lowest BCUT2D eigenvalue weighted by Gasteiger charge is -2.19. The van der Waals surface area contributed by atoms with Crippen LogP contribution in [0.1, 0.15) is 10.4 Å². The third-order valence-electron chi connectivity index (χ3n) is 4.74. The molecule has 1 aliphatic heterocycles. The van der Waals surface area contributed by atoms with Crippen molar-refractivity contribution in [3.05, 3.63) is 39.9 Å². The van der Waals surface area contributed by atoms with Gasteiger partial charge in [0.2, 0.25) is 11.7 Å². The number of nitro benzene ring substituents is 1. The van der Waals surface area contributed by atoms with Crippen molar-refractivity contribution in [1.29, 1.82) is 0 Å². The number of Topliss-reactive ketones (excluding diaryl/α,β-unsaturated/α-hetero) is 1. The van der Waals surface area contributed by atoms with E-state index in [1.54, 1.807) is 0 Å². The summed E-state index contributed by atoms with van der Waals surface area (Å²) < 4.78 is 20.7. The molecule has 12 nitrogen and oxygen atoms in total. The SMILES string of the molecule is COc1ccc(NC(=O)CN2C(=O)C(=O)c3c2cc(OC)c(OC)c3OC)c([N+](=O)[O-])c1. The van der Waals surface area contributed by atoms with Gasteiger partial charge < -0.3 is 24.3 Å². The molecule has 0 aromatic heterocycles. The Kier molecular flexibility index (Phi) is 6.14. The van der Waals surface area contributed by atoms with Crippen LogP contribution in [0.3, 0.4) is 0 Å². The Morgan fingerprint density at radius 2 is 1.72 bits per heavy atom. The van der Waals surface area contributed by atoms with E-state index in [4.69, 9.17) is 18.9 Å². The molecule has 1 N–H and O–H groups in total. The van der Waals surface area contributed by atoms with Gasteiger partial charge in [0.25, 0.3) is 17.4 Å². The molecule has 1 heterocycles. The number of rotatable bonds is 8. The molecule has 2 amide bonds. The molecule has 32 heavy (non-hydrogen) atoms. The van der Waals surface area contributed by atoms with Gasteiger partial charge >= 0.3 is 0 Å². The maximum atomic E-state index is 12.6. The highest BCUT2D eigenvalue weighted by Gasteiger charge is 2.42. The van der Waals surface area contributed by atoms with E-state index in [1.807, 2.05) is 0 Å². The van der Waals surface area contributed by atoms with Crippen LogP contribution in [0.2, 0.25) is 0 Å². The van der Waals surface area contributed by atoms with Gasteiger partial charge in [-0.25, -0.2) is 0 Å². The number of methoxy groups -OCH3 is 4. The van der Waals surface area contributed by atoms with Crippen LogP contribution in [-0.2, 0) is 9.59 Å². The van der Waals surface area contributed by atoms with Gasteiger partial charge in [-0.15, -0.1) is 0 Å². The molecule has 3 rings (SSSR count). The van der Waals surface area contributed by atoms with E-state index in [2.05, 4.69) is 5.32 Å². The summed E-state index contributed by atoms with van der Waals surface area (Å²) >= 11 is 0. The van der Waals surface area contributed by atoms with Crippen molar-refractivity contribution in [3.63, 3.8) is 0 Å². The number of nitro groups is 1. The van der Waals surface area contributed by atoms with Crippen LogP contribution in [0.15, 0.2) is 24.3 Å². The second-order valence-corrected chi connectivity index (χ2v) is 6.45. The number of hydrogen-bond acceptors (Lipinski definition) is 9. The summed E-state index contributed by atoms with van der Waals surface area (Å²) in [5.41, 5.74) is -0.467. The average molecular weight is 445 g/mol. The van der Waals surface area contributed by atoms with E-state index in [9.17, 15) is 24.5 Å². The number of benzene rings is 2. The predicted octanol–water partition coefficient (Wildman–Crippen LogP) is 1.80. The summed E-state index contributed by atoms with van der Waals surface area (Å²) in [4.78, 5) is 49.4. The molecular weight excluding hydrogens is 426 g/mol. The highest BCUT2D eigenvalue weighted by molar-refractivity contribution is 6.53. The first-order chi connectivity index (χ1) is 15.3. The van der Waals surface area contributed by atoms with Gasteiger partial charge in [-0.05, 0) is 12.1 Å². The number of nitrogens with one attached hydrogen (secondary N) is 1. The number of fused-ring (bicyclic) bond motifs is 1. The standard InChI is InChI=1S/C20H19N3O9/c1-29-10-5-6-11(12(7-10)23(27)28)21-15(24)9-22-13-8-14(30-2)18(31-3)19(32-4)16(13)17(25)20(22)26/h5-8H,9H2,1-4H3,(H,21,24). The molecule has 0 bridgehead atoms. The lowest BCUT2D eigenvalue weighted by molar-refractivity contribution is -0.384. The average Bonchev–Trinajstić information content (AvgIpc) is 3.02. The summed E-state index contributed by atoms with van der Waals surface area (Å²) in [5.74, 6) is -2.09. The Labute approximate surface area is 181 Å². The minimum atomic E-state index is -0.965. The summed E-state index contributed by atoms with van der Waals surface area (Å²) in [6, 6.07) is 5.27. The molecule has 0 saturated carbocycles. The van der Waals surface area contributed by atoms with Gasteiger partial charge in [0.1, 0.15) is 18.0 Å². The van der Waals surface area contributed by atoms with Crippen LogP contribution < -0.4 is 29.2 Å². The van der Waals surface area contributed by atoms with Crippen LogP contribution in [0.5, 0.6) is 23.0 Å². The molecule has 2 aromatic rings. The number of hydrogen-bond donors (Lipinski definition) is 1. The van der Waals surface area contributed by atoms with Crippen molar-refractivity contribution in [1.82, 2.24) is 0 Å². The van der Waals surface area contributed by atoms with E-state index in [-0.39, 0.29) is 39.9 Å². The maximum absolute atomic E-state index is 12.6. The molecule has 2 aromatic carbocycles. The number of ketones is 1. The van der Waals surface area contributed by atoms with E-state index in [0.717, 1.165) is 11.0 Å². The number of carbonyl (C=O) groups is 3. The minimum absolute atomic E-state index is 0.00565. The monoisotopic (exact) mass is 445 g/mol. The molecule has 0 unspecified atom stereocenters. The number of anilines is 2. The van der Waals surface area contributed by atoms with Crippen molar-refractivity contribution in [3.8, 4) is 23.0 Å². The molecule has 12 heteroatoms. The first-order valence-electron chi connectivity index (χ1n) is 9.08. The van der Waals surface area contributed by atoms with Crippen molar-refractivity contribution < 1.29 is 38.3 Å². The Hall–Kier alpha value is -4.35. The molecule has 0 aliphatic carbocycles. The first-order valence-corrected chi connectivity index (χ1v) is 9.08. The minimum Gasteiger partial charge on any atom is -0.496 e. The number of amides is 2. The van der Waals surface area contributed by atoms with Crippen molar-refractivity contribution in [2.75, 3.05) is 45.2 Å². The zero-order valence-corrected chi connectivity index (χ0v) is 17.6. The quantitative estimate of drug-likeness (QED) is 0.365. The lowest BCUT2D eigenvalue weighted by Crippen LogP contribution is -2.37. The van der Waals surface area contributed by atoms with Crippen LogP contribution in [0, 0.1) is 10.1 Å². The Morgan fingerprint density at radius 3 is 2.28 bits per heavy atom. The second-order valence-electron chi connectivity index (χ2n) is 6.45. The second kappa shape index (κ2) is 8.79. The Bertz CT molecular complexity index is 1130. The molecule has 0 saturated heterocycles. The fourth-order valence-electron chi connectivity index (χ4n) is 3.30. The lowest BCUT2D eigenvalue weighted by atomic mass is 10.1. The highest BCUT2D eigenvalue weighted by atomic mass is 16.6. The molecule has 168 valence electrons. The Balaban J connectivity index is 1.95. The number of nitrogens with zero attached hydrogens (tertiary/aromatic N) is 2. The van der Waals surface area contributed by atoms with Crippen molar-refractivity contribution in [2.24, 2.45) is 0 Å². The predicted molar refractivity (Wildman–Crippen MR) is 111 cm³/mol. The molecular formula is C20H19N3O9. The van der Waals surface area contributed by atoms with Gasteiger partial charge in [0.15, 0.2) is 11.5 Å². The van der Waals surface area contributed by atoms with Crippen molar-refractivity contribution in [2.45, 2.75) is 0 Å². The van der Waals surface area contributed by atoms with Crippen LogP contribution in [0.25, 0.3) is 0 Å². The summed E-state index contributed by atoms with van der Waals surface area (Å²) in [6.07, 6.45) is 0.